The van der Waals surface area contributed by atoms with Crippen molar-refractivity contribution in [1.29, 1.82) is 0 Å². The van der Waals surface area contributed by atoms with E-state index in [1.54, 1.807) is 16.7 Å². The Kier molecular flexibility index (Phi) is 3.36. The number of carbonyl (C=O) groups excluding carboxylic acids is 1. The fraction of sp³-hybridized carbons (Fsp3) is 0.462. The summed E-state index contributed by atoms with van der Waals surface area (Å²) in [6.45, 7) is 3.87. The lowest BCUT2D eigenvalue weighted by molar-refractivity contribution is 0.0259. The lowest BCUT2D eigenvalue weighted by atomic mass is 10.0. The number of nitrogens with zero attached hydrogens (tertiary/aromatic N) is 2. The van der Waals surface area contributed by atoms with Gasteiger partial charge in [-0.3, -0.25) is 0 Å². The van der Waals surface area contributed by atoms with E-state index in [1.807, 2.05) is 13.8 Å². The first-order valence-corrected chi connectivity index (χ1v) is 7.92. The molecule has 0 fully saturated rings. The average Bonchev–Trinajstić information content (AvgIpc) is 2.95. The predicted octanol–water partition coefficient (Wildman–Crippen LogP) is 3.45. The molecule has 2 aromatic heterocycles. The normalized spacial score (nSPS) is 18.1. The van der Waals surface area contributed by atoms with Crippen LogP contribution >= 0.6 is 22.7 Å². The minimum absolute atomic E-state index is 0.149. The molecule has 1 aliphatic carbocycles. The van der Waals surface area contributed by atoms with Crippen LogP contribution in [0.5, 0.6) is 0 Å². The van der Waals surface area contributed by atoms with Gasteiger partial charge in [0.15, 0.2) is 5.69 Å². The molecule has 19 heavy (non-hydrogen) atoms. The van der Waals surface area contributed by atoms with Crippen LogP contribution in [0.15, 0.2) is 5.38 Å². The maximum absolute atomic E-state index is 12.0. The van der Waals surface area contributed by atoms with Crippen molar-refractivity contribution < 1.29 is 9.53 Å². The number of hydrogen-bond donors (Lipinski definition) is 0. The summed E-state index contributed by atoms with van der Waals surface area (Å²) in [4.78, 5) is 21.8. The number of carbonyl (C=O) groups is 1. The number of fused-ring (bicyclic) bond motifs is 1. The Labute approximate surface area is 119 Å². The number of esters is 1. The smallest absolute Gasteiger partial charge is 0.358 e. The van der Waals surface area contributed by atoms with Crippen molar-refractivity contribution in [2.24, 2.45) is 0 Å². The van der Waals surface area contributed by atoms with Gasteiger partial charge in [-0.05, 0) is 33.1 Å². The molecule has 0 radical (unpaired) electrons. The van der Waals surface area contributed by atoms with Crippen molar-refractivity contribution in [1.82, 2.24) is 9.97 Å². The highest BCUT2D eigenvalue weighted by atomic mass is 32.1. The Morgan fingerprint density at radius 3 is 2.95 bits per heavy atom. The van der Waals surface area contributed by atoms with E-state index < -0.39 is 0 Å². The first kappa shape index (κ1) is 12.7. The fourth-order valence-electron chi connectivity index (χ4n) is 2.26. The van der Waals surface area contributed by atoms with Gasteiger partial charge in [-0.15, -0.1) is 22.7 Å². The fourth-order valence-corrected chi connectivity index (χ4v) is 3.88. The van der Waals surface area contributed by atoms with Crippen LogP contribution in [-0.4, -0.2) is 15.9 Å². The molecule has 0 saturated heterocycles. The van der Waals surface area contributed by atoms with Crippen LogP contribution in [0.25, 0.3) is 0 Å². The summed E-state index contributed by atoms with van der Waals surface area (Å²) in [5, 5.41) is 3.67. The van der Waals surface area contributed by atoms with Gasteiger partial charge in [0.1, 0.15) is 6.10 Å². The third-order valence-corrected chi connectivity index (χ3v) is 4.96. The number of rotatable bonds is 2. The molecule has 0 spiro atoms. The lowest BCUT2D eigenvalue weighted by Crippen LogP contribution is -2.16. The summed E-state index contributed by atoms with van der Waals surface area (Å²) < 4.78 is 5.61. The molecule has 1 aliphatic rings. The molecule has 6 heteroatoms. The number of hydrogen-bond acceptors (Lipinski definition) is 6. The maximum Gasteiger partial charge on any atom is 0.358 e. The van der Waals surface area contributed by atoms with Crippen LogP contribution in [0.1, 0.15) is 50.0 Å². The summed E-state index contributed by atoms with van der Waals surface area (Å²) >= 11 is 3.10. The molecule has 0 aromatic carbocycles. The minimum Gasteiger partial charge on any atom is -0.452 e. The molecule has 0 saturated carbocycles. The van der Waals surface area contributed by atoms with Crippen molar-refractivity contribution in [2.75, 3.05) is 0 Å². The Morgan fingerprint density at radius 2 is 2.21 bits per heavy atom. The Balaban J connectivity index is 1.79. The first-order chi connectivity index (χ1) is 9.13. The van der Waals surface area contributed by atoms with Crippen molar-refractivity contribution in [2.45, 2.75) is 39.2 Å². The zero-order chi connectivity index (χ0) is 13.4. The van der Waals surface area contributed by atoms with Crippen LogP contribution in [0, 0.1) is 13.8 Å². The van der Waals surface area contributed by atoms with E-state index in [9.17, 15) is 4.79 Å². The van der Waals surface area contributed by atoms with E-state index in [4.69, 9.17) is 4.74 Å². The highest BCUT2D eigenvalue weighted by Crippen LogP contribution is 2.36. The monoisotopic (exact) mass is 294 g/mol. The number of aromatic nitrogens is 2. The third-order valence-electron chi connectivity index (χ3n) is 3.08. The van der Waals surface area contributed by atoms with Gasteiger partial charge < -0.3 is 4.74 Å². The van der Waals surface area contributed by atoms with Gasteiger partial charge in [-0.1, -0.05) is 0 Å². The summed E-state index contributed by atoms with van der Waals surface area (Å²) in [5.41, 5.74) is 1.51. The number of aryl methyl sites for hydroxylation is 3. The molecule has 2 heterocycles. The van der Waals surface area contributed by atoms with Crippen LogP contribution in [0.3, 0.4) is 0 Å². The van der Waals surface area contributed by atoms with Gasteiger partial charge in [0.25, 0.3) is 0 Å². The van der Waals surface area contributed by atoms with E-state index in [-0.39, 0.29) is 12.1 Å². The molecule has 3 rings (SSSR count). The average molecular weight is 294 g/mol. The van der Waals surface area contributed by atoms with E-state index in [0.717, 1.165) is 39.8 Å². The van der Waals surface area contributed by atoms with E-state index in [0.29, 0.717) is 5.69 Å². The Bertz CT molecular complexity index is 618. The zero-order valence-electron chi connectivity index (χ0n) is 10.8. The van der Waals surface area contributed by atoms with E-state index in [2.05, 4.69) is 9.97 Å². The summed E-state index contributed by atoms with van der Waals surface area (Å²) in [6, 6.07) is 0. The van der Waals surface area contributed by atoms with Crippen LogP contribution in [-0.2, 0) is 11.2 Å². The molecule has 100 valence electrons. The van der Waals surface area contributed by atoms with Crippen molar-refractivity contribution >= 4 is 28.6 Å². The largest absolute Gasteiger partial charge is 0.452 e. The highest BCUT2D eigenvalue weighted by molar-refractivity contribution is 7.11. The Hall–Kier alpha value is -1.27. The van der Waals surface area contributed by atoms with Crippen molar-refractivity contribution in [3.8, 4) is 0 Å². The van der Waals surface area contributed by atoms with E-state index in [1.165, 1.54) is 11.3 Å². The molecule has 0 amide bonds. The highest BCUT2D eigenvalue weighted by Gasteiger charge is 2.27. The van der Waals surface area contributed by atoms with Crippen LogP contribution < -0.4 is 0 Å². The topological polar surface area (TPSA) is 52.1 Å². The minimum atomic E-state index is -0.326. The van der Waals surface area contributed by atoms with Gasteiger partial charge in [0, 0.05) is 5.38 Å². The second kappa shape index (κ2) is 5.02. The molecular formula is C13H14N2O2S2. The molecule has 1 unspecified atom stereocenters. The van der Waals surface area contributed by atoms with Crippen LogP contribution in [0.4, 0.5) is 0 Å². The van der Waals surface area contributed by atoms with Crippen molar-refractivity contribution in [3.05, 3.63) is 31.7 Å². The van der Waals surface area contributed by atoms with Gasteiger partial charge in [0.2, 0.25) is 0 Å². The quantitative estimate of drug-likeness (QED) is 0.796. The van der Waals surface area contributed by atoms with Gasteiger partial charge in [-0.2, -0.15) is 0 Å². The molecular weight excluding hydrogens is 280 g/mol. The number of ether oxygens (including phenoxy) is 1. The summed E-state index contributed by atoms with van der Waals surface area (Å²) in [5.74, 6) is -0.326. The summed E-state index contributed by atoms with van der Waals surface area (Å²) in [6.07, 6.45) is 2.74. The standard InChI is InChI=1S/C13H14N2O2S2/c1-7-14-10(6-18-7)13(16)17-11-5-3-4-9-12(11)19-8(2)15-9/h6,11H,3-5H2,1-2H3. The van der Waals surface area contributed by atoms with Gasteiger partial charge in [0.05, 0.1) is 20.6 Å². The maximum atomic E-state index is 12.0. The Morgan fingerprint density at radius 1 is 1.37 bits per heavy atom. The molecule has 1 atom stereocenters. The molecule has 2 aromatic rings. The first-order valence-electron chi connectivity index (χ1n) is 6.23. The predicted molar refractivity (Wildman–Crippen MR) is 74.8 cm³/mol. The zero-order valence-corrected chi connectivity index (χ0v) is 12.4. The van der Waals surface area contributed by atoms with Gasteiger partial charge >= 0.3 is 5.97 Å². The molecule has 4 nitrogen and oxygen atoms in total. The lowest BCUT2D eigenvalue weighted by Gasteiger charge is -2.20. The molecule has 0 bridgehead atoms. The second-order valence-corrected chi connectivity index (χ2v) is 6.88. The van der Waals surface area contributed by atoms with E-state index >= 15 is 0 Å². The van der Waals surface area contributed by atoms with Gasteiger partial charge in [-0.25, -0.2) is 14.8 Å². The molecule has 0 aliphatic heterocycles. The second-order valence-electron chi connectivity index (χ2n) is 4.58. The summed E-state index contributed by atoms with van der Waals surface area (Å²) in [7, 11) is 0. The number of thiazole rings is 2. The van der Waals surface area contributed by atoms with Crippen molar-refractivity contribution in [3.63, 3.8) is 0 Å². The third kappa shape index (κ3) is 2.55. The van der Waals surface area contributed by atoms with Crippen LogP contribution in [0.2, 0.25) is 0 Å². The molecule has 0 N–H and O–H groups in total. The SMILES string of the molecule is Cc1nc(C(=O)OC2CCCc3nc(C)sc32)cs1.